The molecule has 31 heavy (non-hydrogen) atoms. The Morgan fingerprint density at radius 3 is 2.71 bits per heavy atom. The number of esters is 2. The molecule has 1 aromatic heterocycles. The molecule has 4 atom stereocenters. The molecule has 1 fully saturated rings. The standard InChI is InChI=1S/C23H25N3O5/c1-4-23(11-13(12-24)21(28)30-2)17(22(29)31-3)20(27)26-10-9-15-14-7-5-6-8-16(14)25-18(15)19(23)26/h5-8,13,17,19,25H,4,9-11H2,1-3H3. The molecule has 4 rings (SSSR count). The molecule has 0 bridgehead atoms. The molecule has 2 aliphatic heterocycles. The van der Waals surface area contributed by atoms with Gasteiger partial charge in [-0.1, -0.05) is 25.1 Å². The van der Waals surface area contributed by atoms with E-state index in [0.29, 0.717) is 19.4 Å². The molecule has 2 aromatic rings. The molecule has 0 aliphatic carbocycles. The molecule has 4 unspecified atom stereocenters. The van der Waals surface area contributed by atoms with Gasteiger partial charge in [-0.3, -0.25) is 14.4 Å². The Morgan fingerprint density at radius 1 is 1.32 bits per heavy atom. The normalized spacial score (nSPS) is 25.5. The minimum absolute atomic E-state index is 0.0220. The number of carbonyl (C=O) groups is 3. The van der Waals surface area contributed by atoms with Crippen LogP contribution in [0.3, 0.4) is 0 Å². The van der Waals surface area contributed by atoms with Crippen LogP contribution in [0.5, 0.6) is 0 Å². The second-order valence-corrected chi connectivity index (χ2v) is 8.20. The molecule has 8 nitrogen and oxygen atoms in total. The van der Waals surface area contributed by atoms with Gasteiger partial charge in [0.05, 0.1) is 26.3 Å². The average molecular weight is 423 g/mol. The highest BCUT2D eigenvalue weighted by Crippen LogP contribution is 2.59. The summed E-state index contributed by atoms with van der Waals surface area (Å²) in [6.07, 6.45) is 1.09. The van der Waals surface area contributed by atoms with Crippen LogP contribution in [0.1, 0.15) is 37.1 Å². The van der Waals surface area contributed by atoms with Gasteiger partial charge in [-0.2, -0.15) is 5.26 Å². The van der Waals surface area contributed by atoms with Crippen molar-refractivity contribution in [2.24, 2.45) is 17.3 Å². The summed E-state index contributed by atoms with van der Waals surface area (Å²) in [6.45, 7) is 2.35. The number of para-hydroxylation sites is 1. The van der Waals surface area contributed by atoms with Gasteiger partial charge in [-0.25, -0.2) is 0 Å². The molecule has 1 saturated heterocycles. The number of amides is 1. The first-order valence-electron chi connectivity index (χ1n) is 10.4. The number of nitrogens with zero attached hydrogens (tertiary/aromatic N) is 2. The quantitative estimate of drug-likeness (QED) is 0.584. The molecule has 8 heteroatoms. The molecule has 2 aliphatic rings. The van der Waals surface area contributed by atoms with Crippen molar-refractivity contribution in [1.29, 1.82) is 5.26 Å². The number of hydrogen-bond acceptors (Lipinski definition) is 6. The number of nitrogens with one attached hydrogen (secondary N) is 1. The summed E-state index contributed by atoms with van der Waals surface area (Å²) >= 11 is 0. The molecule has 0 radical (unpaired) electrons. The second-order valence-electron chi connectivity index (χ2n) is 8.20. The number of benzene rings is 1. The number of methoxy groups -OCH3 is 2. The number of carbonyl (C=O) groups excluding carboxylic acids is 3. The van der Waals surface area contributed by atoms with Crippen LogP contribution in [0.2, 0.25) is 0 Å². The van der Waals surface area contributed by atoms with Gasteiger partial charge in [-0.05, 0) is 30.9 Å². The molecule has 1 aromatic carbocycles. The van der Waals surface area contributed by atoms with Gasteiger partial charge in [0.1, 0.15) is 11.8 Å². The number of aromatic amines is 1. The van der Waals surface area contributed by atoms with Crippen LogP contribution >= 0.6 is 0 Å². The second kappa shape index (κ2) is 7.73. The maximum atomic E-state index is 13.5. The van der Waals surface area contributed by atoms with Crippen molar-refractivity contribution in [2.75, 3.05) is 20.8 Å². The summed E-state index contributed by atoms with van der Waals surface area (Å²) in [7, 11) is 2.48. The van der Waals surface area contributed by atoms with Gasteiger partial charge in [0.2, 0.25) is 5.91 Å². The highest BCUT2D eigenvalue weighted by atomic mass is 16.5. The minimum Gasteiger partial charge on any atom is -0.468 e. The molecular weight excluding hydrogens is 398 g/mol. The summed E-state index contributed by atoms with van der Waals surface area (Å²) in [4.78, 5) is 43.8. The number of rotatable bonds is 5. The molecule has 3 heterocycles. The number of hydrogen-bond donors (Lipinski definition) is 1. The van der Waals surface area contributed by atoms with Crippen LogP contribution in [0, 0.1) is 28.6 Å². The molecule has 162 valence electrons. The number of H-pyrrole nitrogens is 1. The first-order chi connectivity index (χ1) is 14.9. The topological polar surface area (TPSA) is 112 Å². The summed E-state index contributed by atoms with van der Waals surface area (Å²) in [6, 6.07) is 9.47. The van der Waals surface area contributed by atoms with Crippen molar-refractivity contribution in [3.8, 4) is 6.07 Å². The fraction of sp³-hybridized carbons (Fsp3) is 0.478. The van der Waals surface area contributed by atoms with E-state index < -0.39 is 35.2 Å². The SMILES string of the molecule is CCC1(CC(C#N)C(=O)OC)C(C(=O)OC)C(=O)N2CCc3c([nH]c4ccccc34)C21. The van der Waals surface area contributed by atoms with E-state index in [1.54, 1.807) is 4.90 Å². The van der Waals surface area contributed by atoms with E-state index in [4.69, 9.17) is 9.47 Å². The van der Waals surface area contributed by atoms with Crippen LogP contribution in [0.15, 0.2) is 24.3 Å². The maximum Gasteiger partial charge on any atom is 0.323 e. The number of nitriles is 1. The Kier molecular flexibility index (Phi) is 5.21. The first-order valence-corrected chi connectivity index (χ1v) is 10.4. The van der Waals surface area contributed by atoms with Crippen molar-refractivity contribution in [3.05, 3.63) is 35.5 Å². The largest absolute Gasteiger partial charge is 0.468 e. The van der Waals surface area contributed by atoms with Gasteiger partial charge >= 0.3 is 11.9 Å². The van der Waals surface area contributed by atoms with E-state index in [1.165, 1.54) is 14.2 Å². The van der Waals surface area contributed by atoms with E-state index in [1.807, 2.05) is 37.3 Å². The monoisotopic (exact) mass is 423 g/mol. The highest BCUT2D eigenvalue weighted by molar-refractivity contribution is 6.01. The summed E-state index contributed by atoms with van der Waals surface area (Å²) < 4.78 is 9.84. The zero-order valence-corrected chi connectivity index (χ0v) is 17.8. The van der Waals surface area contributed by atoms with E-state index in [-0.39, 0.29) is 12.3 Å². The van der Waals surface area contributed by atoms with Gasteiger partial charge in [-0.15, -0.1) is 0 Å². The van der Waals surface area contributed by atoms with Crippen LogP contribution in [-0.4, -0.2) is 48.5 Å². The molecular formula is C23H25N3O5. The number of fused-ring (bicyclic) bond motifs is 5. The fourth-order valence-electron chi connectivity index (χ4n) is 5.57. The van der Waals surface area contributed by atoms with Crippen molar-refractivity contribution < 1.29 is 23.9 Å². The zero-order valence-electron chi connectivity index (χ0n) is 17.8. The van der Waals surface area contributed by atoms with Crippen molar-refractivity contribution in [2.45, 2.75) is 32.2 Å². The van der Waals surface area contributed by atoms with Crippen LogP contribution < -0.4 is 0 Å². The Bertz CT molecular complexity index is 1100. The first kappa shape index (κ1) is 20.9. The van der Waals surface area contributed by atoms with Crippen LogP contribution in [0.25, 0.3) is 10.9 Å². The van der Waals surface area contributed by atoms with E-state index in [9.17, 15) is 19.6 Å². The van der Waals surface area contributed by atoms with Gasteiger partial charge < -0.3 is 19.4 Å². The number of aromatic nitrogens is 1. The van der Waals surface area contributed by atoms with Crippen molar-refractivity contribution in [1.82, 2.24) is 9.88 Å². The lowest BCUT2D eigenvalue weighted by Crippen LogP contribution is -2.42. The van der Waals surface area contributed by atoms with Gasteiger partial charge in [0.15, 0.2) is 0 Å². The maximum absolute atomic E-state index is 13.5. The van der Waals surface area contributed by atoms with Crippen molar-refractivity contribution in [3.63, 3.8) is 0 Å². The fourth-order valence-corrected chi connectivity index (χ4v) is 5.57. The minimum atomic E-state index is -1.10. The predicted molar refractivity (Wildman–Crippen MR) is 110 cm³/mol. The Labute approximate surface area is 180 Å². The third-order valence-electron chi connectivity index (χ3n) is 7.00. The summed E-state index contributed by atoms with van der Waals surface area (Å²) in [5.41, 5.74) is 1.95. The molecule has 0 saturated carbocycles. The lowest BCUT2D eigenvalue weighted by Gasteiger charge is -2.41. The Hall–Kier alpha value is -3.34. The van der Waals surface area contributed by atoms with Gasteiger partial charge in [0, 0.05) is 28.6 Å². The molecule has 1 amide bonds. The lowest BCUT2D eigenvalue weighted by atomic mass is 9.64. The van der Waals surface area contributed by atoms with Crippen LogP contribution in [-0.2, 0) is 30.3 Å². The smallest absolute Gasteiger partial charge is 0.323 e. The predicted octanol–water partition coefficient (Wildman–Crippen LogP) is 2.50. The third-order valence-corrected chi connectivity index (χ3v) is 7.00. The van der Waals surface area contributed by atoms with E-state index in [0.717, 1.165) is 22.2 Å². The zero-order chi connectivity index (χ0) is 22.3. The highest BCUT2D eigenvalue weighted by Gasteiger charge is 2.64. The third kappa shape index (κ3) is 2.91. The summed E-state index contributed by atoms with van der Waals surface area (Å²) in [5, 5.41) is 10.8. The van der Waals surface area contributed by atoms with Crippen LogP contribution in [0.4, 0.5) is 0 Å². The molecule has 0 spiro atoms. The van der Waals surface area contributed by atoms with E-state index >= 15 is 0 Å². The summed E-state index contributed by atoms with van der Waals surface area (Å²) in [5.74, 6) is -3.81. The van der Waals surface area contributed by atoms with Gasteiger partial charge in [0.25, 0.3) is 0 Å². The Morgan fingerprint density at radius 2 is 2.06 bits per heavy atom. The molecule has 1 N–H and O–H groups in total. The average Bonchev–Trinajstić information content (AvgIpc) is 3.29. The van der Waals surface area contributed by atoms with E-state index in [2.05, 4.69) is 4.98 Å². The van der Waals surface area contributed by atoms with Crippen molar-refractivity contribution >= 4 is 28.7 Å². The lowest BCUT2D eigenvalue weighted by molar-refractivity contribution is -0.156. The Balaban J connectivity index is 1.93. The number of ether oxygens (including phenoxy) is 2.